The molecule has 0 aromatic heterocycles. The maximum Gasteiger partial charge on any atom is 0.243 e. The van der Waals surface area contributed by atoms with Gasteiger partial charge in [-0.3, -0.25) is 4.79 Å². The highest BCUT2D eigenvalue weighted by atomic mass is 16.5. The summed E-state index contributed by atoms with van der Waals surface area (Å²) in [5.41, 5.74) is 0. The summed E-state index contributed by atoms with van der Waals surface area (Å²) in [5, 5.41) is 2.36. The van der Waals surface area contributed by atoms with Gasteiger partial charge in [0, 0.05) is 14.2 Å². The van der Waals surface area contributed by atoms with Gasteiger partial charge < -0.3 is 10.1 Å². The molecule has 0 aliphatic carbocycles. The molecule has 0 atom stereocenters. The quantitative estimate of drug-likeness (QED) is 0.484. The highest BCUT2D eigenvalue weighted by Gasteiger charge is 1.78. The lowest BCUT2D eigenvalue weighted by Gasteiger charge is -1.82. The first-order chi connectivity index (χ1) is 5.22. The molecule has 3 nitrogen and oxygen atoms in total. The Morgan fingerprint density at radius 1 is 1.64 bits per heavy atom. The van der Waals surface area contributed by atoms with Gasteiger partial charge in [0.05, 0.1) is 6.61 Å². The lowest BCUT2D eigenvalue weighted by atomic mass is 10.6. The van der Waals surface area contributed by atoms with E-state index in [1.165, 1.54) is 6.08 Å². The topological polar surface area (TPSA) is 38.3 Å². The number of hydrogen-bond donors (Lipinski definition) is 1. The summed E-state index contributed by atoms with van der Waals surface area (Å²) in [7, 11) is 3.20. The normalized spacial score (nSPS) is 7.09. The largest absolute Gasteiger partial charge is 0.381 e. The Morgan fingerprint density at radius 2 is 2.18 bits per heavy atom. The minimum absolute atomic E-state index is 0.144. The number of methoxy groups -OCH3 is 1. The standard InChI is InChI=1S/C4H7NO.C4H8O/c1-3-4(6)5-2;1-3-4-5-2/h3H,1H2,2H3,(H,5,6);3H,1,4H2,2H3. The lowest BCUT2D eigenvalue weighted by molar-refractivity contribution is -0.116. The fourth-order valence-corrected chi connectivity index (χ4v) is 0.220. The van der Waals surface area contributed by atoms with Gasteiger partial charge in [-0.15, -0.1) is 6.58 Å². The van der Waals surface area contributed by atoms with Crippen molar-refractivity contribution in [2.45, 2.75) is 0 Å². The molecule has 0 bridgehead atoms. The van der Waals surface area contributed by atoms with Gasteiger partial charge in [-0.05, 0) is 6.08 Å². The minimum Gasteiger partial charge on any atom is -0.381 e. The molecule has 0 spiro atoms. The van der Waals surface area contributed by atoms with Gasteiger partial charge >= 0.3 is 0 Å². The zero-order valence-electron chi connectivity index (χ0n) is 7.09. The number of rotatable bonds is 3. The van der Waals surface area contributed by atoms with Crippen LogP contribution >= 0.6 is 0 Å². The molecule has 64 valence electrons. The molecule has 0 fully saturated rings. The second-order valence-electron chi connectivity index (χ2n) is 1.56. The van der Waals surface area contributed by atoms with Gasteiger partial charge in [0.1, 0.15) is 0 Å². The van der Waals surface area contributed by atoms with E-state index in [4.69, 9.17) is 0 Å². The number of carbonyl (C=O) groups is 1. The molecule has 0 aliphatic heterocycles. The maximum atomic E-state index is 9.95. The maximum absolute atomic E-state index is 9.95. The second kappa shape index (κ2) is 11.7. The highest BCUT2D eigenvalue weighted by molar-refractivity contribution is 5.86. The molecule has 0 aromatic carbocycles. The zero-order chi connectivity index (χ0) is 9.11. The van der Waals surface area contributed by atoms with Crippen LogP contribution in [0.2, 0.25) is 0 Å². The van der Waals surface area contributed by atoms with Crippen molar-refractivity contribution in [1.29, 1.82) is 0 Å². The number of ether oxygens (including phenoxy) is 1. The zero-order valence-corrected chi connectivity index (χ0v) is 7.09. The van der Waals surface area contributed by atoms with Crippen molar-refractivity contribution >= 4 is 5.91 Å². The molecule has 0 aliphatic rings. The van der Waals surface area contributed by atoms with E-state index in [1.54, 1.807) is 20.2 Å². The number of hydrogen-bond acceptors (Lipinski definition) is 2. The Morgan fingerprint density at radius 3 is 2.18 bits per heavy atom. The predicted molar refractivity (Wildman–Crippen MR) is 46.3 cm³/mol. The lowest BCUT2D eigenvalue weighted by Crippen LogP contribution is -2.13. The molecule has 0 unspecified atom stereocenters. The van der Waals surface area contributed by atoms with Crippen LogP contribution in [0.3, 0.4) is 0 Å². The number of likely N-dealkylation sites (N-methyl/N-ethyl adjacent to an activating group) is 1. The van der Waals surface area contributed by atoms with E-state index in [0.29, 0.717) is 6.61 Å². The van der Waals surface area contributed by atoms with Gasteiger partial charge in [-0.25, -0.2) is 0 Å². The SMILES string of the molecule is C=CC(=O)NC.C=CCOC. The average Bonchev–Trinajstić information content (AvgIpc) is 2.06. The third kappa shape index (κ3) is 17.6. The number of amides is 1. The summed E-state index contributed by atoms with van der Waals surface area (Å²) in [6.45, 7) is 7.30. The summed E-state index contributed by atoms with van der Waals surface area (Å²) in [6, 6.07) is 0. The summed E-state index contributed by atoms with van der Waals surface area (Å²) < 4.78 is 4.57. The van der Waals surface area contributed by atoms with Crippen molar-refractivity contribution in [1.82, 2.24) is 5.32 Å². The third-order valence-electron chi connectivity index (χ3n) is 0.716. The molecule has 0 saturated carbocycles. The van der Waals surface area contributed by atoms with Gasteiger partial charge in [-0.1, -0.05) is 12.7 Å². The van der Waals surface area contributed by atoms with Gasteiger partial charge in [-0.2, -0.15) is 0 Å². The van der Waals surface area contributed by atoms with Crippen LogP contribution in [0.1, 0.15) is 0 Å². The van der Waals surface area contributed by atoms with Crippen molar-refractivity contribution in [2.75, 3.05) is 20.8 Å². The van der Waals surface area contributed by atoms with Crippen molar-refractivity contribution < 1.29 is 9.53 Å². The van der Waals surface area contributed by atoms with Crippen LogP contribution in [-0.4, -0.2) is 26.7 Å². The van der Waals surface area contributed by atoms with Crippen molar-refractivity contribution in [2.24, 2.45) is 0 Å². The Hall–Kier alpha value is -1.09. The van der Waals surface area contributed by atoms with Crippen molar-refractivity contribution in [3.8, 4) is 0 Å². The first kappa shape index (κ1) is 12.6. The van der Waals surface area contributed by atoms with Crippen LogP contribution in [0.15, 0.2) is 25.3 Å². The van der Waals surface area contributed by atoms with E-state index in [-0.39, 0.29) is 5.91 Å². The molecule has 1 N–H and O–H groups in total. The predicted octanol–water partition coefficient (Wildman–Crippen LogP) is 0.737. The molecule has 0 saturated heterocycles. The Balaban J connectivity index is 0. The molecular formula is C8H15NO2. The fraction of sp³-hybridized carbons (Fsp3) is 0.375. The Labute approximate surface area is 67.7 Å². The first-order valence-electron chi connectivity index (χ1n) is 3.16. The first-order valence-corrected chi connectivity index (χ1v) is 3.16. The molecule has 0 radical (unpaired) electrons. The number of carbonyl (C=O) groups excluding carboxylic acids is 1. The Kier molecular flexibility index (Phi) is 13.3. The molecule has 3 heteroatoms. The van der Waals surface area contributed by atoms with E-state index >= 15 is 0 Å². The molecular weight excluding hydrogens is 142 g/mol. The number of nitrogens with one attached hydrogen (secondary N) is 1. The molecule has 0 aromatic rings. The van der Waals surface area contributed by atoms with Crippen LogP contribution in [-0.2, 0) is 9.53 Å². The smallest absolute Gasteiger partial charge is 0.243 e. The fourth-order valence-electron chi connectivity index (χ4n) is 0.220. The molecule has 0 heterocycles. The van der Waals surface area contributed by atoms with E-state index < -0.39 is 0 Å². The summed E-state index contributed by atoms with van der Waals surface area (Å²) in [4.78, 5) is 9.95. The Bertz CT molecular complexity index is 121. The highest BCUT2D eigenvalue weighted by Crippen LogP contribution is 1.60. The van der Waals surface area contributed by atoms with E-state index in [0.717, 1.165) is 0 Å². The van der Waals surface area contributed by atoms with Gasteiger partial charge in [0.15, 0.2) is 0 Å². The van der Waals surface area contributed by atoms with Crippen LogP contribution in [0.5, 0.6) is 0 Å². The van der Waals surface area contributed by atoms with Gasteiger partial charge in [0.25, 0.3) is 0 Å². The van der Waals surface area contributed by atoms with Crippen LogP contribution in [0.4, 0.5) is 0 Å². The molecule has 0 rings (SSSR count). The molecule has 1 amide bonds. The van der Waals surface area contributed by atoms with Crippen LogP contribution in [0.25, 0.3) is 0 Å². The summed E-state index contributed by atoms with van der Waals surface area (Å²) in [5.74, 6) is -0.144. The van der Waals surface area contributed by atoms with Crippen LogP contribution in [0, 0.1) is 0 Å². The van der Waals surface area contributed by atoms with E-state index in [9.17, 15) is 4.79 Å². The van der Waals surface area contributed by atoms with Crippen LogP contribution < -0.4 is 5.32 Å². The van der Waals surface area contributed by atoms with E-state index in [1.807, 2.05) is 0 Å². The minimum atomic E-state index is -0.144. The summed E-state index contributed by atoms with van der Waals surface area (Å²) in [6.07, 6.45) is 2.93. The third-order valence-corrected chi connectivity index (χ3v) is 0.716. The van der Waals surface area contributed by atoms with Crippen molar-refractivity contribution in [3.63, 3.8) is 0 Å². The average molecular weight is 157 g/mol. The van der Waals surface area contributed by atoms with Crippen molar-refractivity contribution in [3.05, 3.63) is 25.3 Å². The van der Waals surface area contributed by atoms with Gasteiger partial charge in [0.2, 0.25) is 5.91 Å². The van der Waals surface area contributed by atoms with E-state index in [2.05, 4.69) is 23.2 Å². The monoisotopic (exact) mass is 157 g/mol. The summed E-state index contributed by atoms with van der Waals surface area (Å²) >= 11 is 0. The molecule has 11 heavy (non-hydrogen) atoms. The second-order valence-corrected chi connectivity index (χ2v) is 1.56.